The summed E-state index contributed by atoms with van der Waals surface area (Å²) in [5, 5.41) is 0. The van der Waals surface area contributed by atoms with E-state index in [0.29, 0.717) is 12.8 Å². The maximum absolute atomic E-state index is 6.34. The van der Waals surface area contributed by atoms with E-state index in [1.165, 1.54) is 25.8 Å². The number of ether oxygens (including phenoxy) is 2. The van der Waals surface area contributed by atoms with E-state index in [2.05, 4.69) is 11.8 Å². The molecule has 0 radical (unpaired) electrons. The van der Waals surface area contributed by atoms with Crippen LogP contribution in [0.4, 0.5) is 0 Å². The first-order valence-electron chi connectivity index (χ1n) is 7.13. The Bertz CT molecular complexity index is 450. The normalized spacial score (nSPS) is 24.4. The van der Waals surface area contributed by atoms with Crippen LogP contribution in [0.1, 0.15) is 37.8 Å². The van der Waals surface area contributed by atoms with Crippen molar-refractivity contribution in [3.63, 3.8) is 0 Å². The fraction of sp³-hybridized carbons (Fsp3) is 0.600. The summed E-state index contributed by atoms with van der Waals surface area (Å²) in [6, 6.07) is 6.70. The summed E-state index contributed by atoms with van der Waals surface area (Å²) in [5.74, 6) is 1.64. The highest BCUT2D eigenvalue weighted by atomic mass is 16.7. The minimum Gasteiger partial charge on any atom is -0.454 e. The Hall–Kier alpha value is -1.26. The molecule has 0 aromatic heterocycles. The van der Waals surface area contributed by atoms with Crippen molar-refractivity contribution >= 4 is 0 Å². The summed E-state index contributed by atoms with van der Waals surface area (Å²) in [6.07, 6.45) is 3.92. The fourth-order valence-electron chi connectivity index (χ4n) is 2.93. The maximum Gasteiger partial charge on any atom is 0.231 e. The highest BCUT2D eigenvalue weighted by Crippen LogP contribution is 2.34. The van der Waals surface area contributed by atoms with Gasteiger partial charge in [0.1, 0.15) is 0 Å². The Morgan fingerprint density at radius 2 is 2.16 bits per heavy atom. The lowest BCUT2D eigenvalue weighted by Gasteiger charge is -2.35. The number of nitrogens with two attached hydrogens (primary N) is 1. The van der Waals surface area contributed by atoms with E-state index < -0.39 is 0 Å². The summed E-state index contributed by atoms with van der Waals surface area (Å²) in [5.41, 5.74) is 7.47. The second kappa shape index (κ2) is 5.39. The number of piperidine rings is 1. The first kappa shape index (κ1) is 12.8. The molecule has 1 saturated heterocycles. The highest BCUT2D eigenvalue weighted by Gasteiger charge is 2.22. The number of nitrogens with zero attached hydrogens (tertiary/aromatic N) is 1. The van der Waals surface area contributed by atoms with E-state index in [1.54, 1.807) is 0 Å². The molecule has 1 aromatic carbocycles. The molecule has 1 aromatic rings. The molecule has 3 rings (SSSR count). The lowest BCUT2D eigenvalue weighted by atomic mass is 10.0. The van der Waals surface area contributed by atoms with E-state index in [1.807, 2.05) is 18.2 Å². The Morgan fingerprint density at radius 1 is 1.32 bits per heavy atom. The van der Waals surface area contributed by atoms with Crippen molar-refractivity contribution in [2.75, 3.05) is 19.9 Å². The monoisotopic (exact) mass is 262 g/mol. The van der Waals surface area contributed by atoms with Crippen LogP contribution in [0.5, 0.6) is 11.5 Å². The van der Waals surface area contributed by atoms with E-state index >= 15 is 0 Å². The van der Waals surface area contributed by atoms with Crippen molar-refractivity contribution in [2.45, 2.75) is 38.3 Å². The third-order valence-corrected chi connectivity index (χ3v) is 4.20. The van der Waals surface area contributed by atoms with Crippen molar-refractivity contribution in [3.05, 3.63) is 23.8 Å². The first-order chi connectivity index (χ1) is 9.24. The summed E-state index contributed by atoms with van der Waals surface area (Å²) in [4.78, 5) is 2.50. The third kappa shape index (κ3) is 2.69. The molecule has 0 amide bonds. The summed E-state index contributed by atoms with van der Waals surface area (Å²) in [7, 11) is 0. The van der Waals surface area contributed by atoms with Crippen LogP contribution >= 0.6 is 0 Å². The van der Waals surface area contributed by atoms with Gasteiger partial charge in [-0.1, -0.05) is 12.5 Å². The molecule has 0 aliphatic carbocycles. The Kier molecular flexibility index (Phi) is 3.62. The molecule has 4 nitrogen and oxygen atoms in total. The Balaban J connectivity index is 1.68. The van der Waals surface area contributed by atoms with Gasteiger partial charge in [-0.2, -0.15) is 0 Å². The number of hydrogen-bond acceptors (Lipinski definition) is 4. The quantitative estimate of drug-likeness (QED) is 0.908. The van der Waals surface area contributed by atoms with E-state index in [-0.39, 0.29) is 6.04 Å². The third-order valence-electron chi connectivity index (χ3n) is 4.20. The van der Waals surface area contributed by atoms with Gasteiger partial charge in [0.2, 0.25) is 6.79 Å². The topological polar surface area (TPSA) is 47.7 Å². The predicted molar refractivity (Wildman–Crippen MR) is 74.4 cm³/mol. The Morgan fingerprint density at radius 3 is 3.00 bits per heavy atom. The molecule has 2 aliphatic rings. The van der Waals surface area contributed by atoms with Crippen LogP contribution in [0.25, 0.3) is 0 Å². The number of benzene rings is 1. The van der Waals surface area contributed by atoms with Gasteiger partial charge in [-0.25, -0.2) is 0 Å². The minimum atomic E-state index is 0.0371. The molecule has 104 valence electrons. The minimum absolute atomic E-state index is 0.0371. The van der Waals surface area contributed by atoms with E-state index in [9.17, 15) is 0 Å². The highest BCUT2D eigenvalue weighted by molar-refractivity contribution is 5.45. The van der Waals surface area contributed by atoms with E-state index in [0.717, 1.165) is 23.6 Å². The summed E-state index contributed by atoms with van der Waals surface area (Å²) >= 11 is 0. The number of fused-ring (bicyclic) bond motifs is 1. The molecule has 2 heterocycles. The zero-order valence-electron chi connectivity index (χ0n) is 11.5. The van der Waals surface area contributed by atoms with Gasteiger partial charge < -0.3 is 15.2 Å². The van der Waals surface area contributed by atoms with Crippen LogP contribution in [0.15, 0.2) is 18.2 Å². The van der Waals surface area contributed by atoms with Crippen LogP contribution < -0.4 is 15.2 Å². The molecule has 2 atom stereocenters. The zero-order valence-corrected chi connectivity index (χ0v) is 11.5. The van der Waals surface area contributed by atoms with Crippen molar-refractivity contribution in [1.29, 1.82) is 0 Å². The molecule has 2 aliphatic heterocycles. The number of likely N-dealkylation sites (tertiary alicyclic amines) is 1. The van der Waals surface area contributed by atoms with Crippen molar-refractivity contribution < 1.29 is 9.47 Å². The van der Waals surface area contributed by atoms with Gasteiger partial charge >= 0.3 is 0 Å². The van der Waals surface area contributed by atoms with Crippen LogP contribution in [0.2, 0.25) is 0 Å². The lowest BCUT2D eigenvalue weighted by molar-refractivity contribution is 0.151. The fourth-order valence-corrected chi connectivity index (χ4v) is 2.93. The summed E-state index contributed by atoms with van der Waals surface area (Å²) in [6.45, 7) is 4.70. The van der Waals surface area contributed by atoms with Gasteiger partial charge in [0, 0.05) is 18.6 Å². The van der Waals surface area contributed by atoms with Crippen LogP contribution in [-0.4, -0.2) is 30.8 Å². The molecule has 0 saturated carbocycles. The Labute approximate surface area is 114 Å². The number of hydrogen-bond donors (Lipinski definition) is 1. The van der Waals surface area contributed by atoms with Gasteiger partial charge in [0.15, 0.2) is 11.5 Å². The molecule has 0 spiro atoms. The average Bonchev–Trinajstić information content (AvgIpc) is 2.88. The molecular formula is C15H22N2O2. The summed E-state index contributed by atoms with van der Waals surface area (Å²) < 4.78 is 10.7. The smallest absolute Gasteiger partial charge is 0.231 e. The second-order valence-electron chi connectivity index (χ2n) is 5.56. The maximum atomic E-state index is 6.34. The van der Waals surface area contributed by atoms with Crippen molar-refractivity contribution in [3.8, 4) is 11.5 Å². The largest absolute Gasteiger partial charge is 0.454 e. The number of rotatable bonds is 3. The van der Waals surface area contributed by atoms with Crippen molar-refractivity contribution in [2.24, 2.45) is 5.73 Å². The van der Waals surface area contributed by atoms with Gasteiger partial charge in [0.25, 0.3) is 0 Å². The standard InChI is InChI=1S/C15H22N2O2/c1-11-4-2-3-7-17(11)9-13(16)12-5-6-14-15(8-12)19-10-18-14/h5-6,8,11,13H,2-4,7,9-10,16H2,1H3. The van der Waals surface area contributed by atoms with E-state index in [4.69, 9.17) is 15.2 Å². The molecular weight excluding hydrogens is 240 g/mol. The lowest BCUT2D eigenvalue weighted by Crippen LogP contribution is -2.41. The van der Waals surface area contributed by atoms with Gasteiger partial charge in [0.05, 0.1) is 0 Å². The molecule has 19 heavy (non-hydrogen) atoms. The SMILES string of the molecule is CC1CCCCN1CC(N)c1ccc2c(c1)OCO2. The first-order valence-corrected chi connectivity index (χ1v) is 7.13. The second-order valence-corrected chi connectivity index (χ2v) is 5.56. The van der Waals surface area contributed by atoms with Crippen LogP contribution in [-0.2, 0) is 0 Å². The van der Waals surface area contributed by atoms with Crippen LogP contribution in [0.3, 0.4) is 0 Å². The predicted octanol–water partition coefficient (Wildman–Crippen LogP) is 2.29. The average molecular weight is 262 g/mol. The van der Waals surface area contributed by atoms with Crippen molar-refractivity contribution in [1.82, 2.24) is 4.90 Å². The molecule has 2 unspecified atom stereocenters. The molecule has 4 heteroatoms. The van der Waals surface area contributed by atoms with Gasteiger partial charge in [-0.05, 0) is 44.0 Å². The molecule has 0 bridgehead atoms. The zero-order chi connectivity index (χ0) is 13.2. The molecule has 1 fully saturated rings. The van der Waals surface area contributed by atoms with Crippen LogP contribution in [0, 0.1) is 0 Å². The molecule has 2 N–H and O–H groups in total. The van der Waals surface area contributed by atoms with Gasteiger partial charge in [-0.15, -0.1) is 0 Å². The van der Waals surface area contributed by atoms with Gasteiger partial charge in [-0.3, -0.25) is 4.90 Å².